The summed E-state index contributed by atoms with van der Waals surface area (Å²) in [6.45, 7) is 2.10. The highest BCUT2D eigenvalue weighted by atomic mass is 32.2. The van der Waals surface area contributed by atoms with Crippen molar-refractivity contribution < 1.29 is 14.0 Å². The summed E-state index contributed by atoms with van der Waals surface area (Å²) >= 11 is 1.63. The van der Waals surface area contributed by atoms with Crippen LogP contribution in [0.3, 0.4) is 0 Å². The van der Waals surface area contributed by atoms with E-state index in [1.165, 1.54) is 12.3 Å². The van der Waals surface area contributed by atoms with Crippen LogP contribution in [-0.2, 0) is 10.5 Å². The first-order chi connectivity index (χ1) is 12.1. The van der Waals surface area contributed by atoms with E-state index in [1.54, 1.807) is 30.8 Å². The molecule has 2 amide bonds. The van der Waals surface area contributed by atoms with Crippen LogP contribution in [0.5, 0.6) is 0 Å². The SMILES string of the molecule is C[C@H](NC(=O)c1ccco1)C(=O)NCCSCc1ccccc1C#N. The van der Waals surface area contributed by atoms with Crippen LogP contribution in [0.2, 0.25) is 0 Å². The van der Waals surface area contributed by atoms with Gasteiger partial charge in [0.2, 0.25) is 5.91 Å². The highest BCUT2D eigenvalue weighted by Gasteiger charge is 2.17. The number of carbonyl (C=O) groups excluding carboxylic acids is 2. The van der Waals surface area contributed by atoms with Gasteiger partial charge in [-0.15, -0.1) is 0 Å². The molecule has 2 rings (SSSR count). The number of benzene rings is 1. The maximum atomic E-state index is 12.0. The zero-order chi connectivity index (χ0) is 18.1. The third-order valence-electron chi connectivity index (χ3n) is 3.43. The van der Waals surface area contributed by atoms with Gasteiger partial charge >= 0.3 is 0 Å². The van der Waals surface area contributed by atoms with Gasteiger partial charge in [-0.1, -0.05) is 18.2 Å². The number of amides is 2. The van der Waals surface area contributed by atoms with Crippen LogP contribution in [0.25, 0.3) is 0 Å². The molecule has 2 N–H and O–H groups in total. The molecule has 6 nitrogen and oxygen atoms in total. The molecule has 1 atom stereocenters. The van der Waals surface area contributed by atoms with E-state index in [-0.39, 0.29) is 11.7 Å². The Hall–Kier alpha value is -2.72. The molecular formula is C18H19N3O3S. The normalized spacial score (nSPS) is 11.4. The summed E-state index contributed by atoms with van der Waals surface area (Å²) in [7, 11) is 0. The minimum Gasteiger partial charge on any atom is -0.459 e. The van der Waals surface area contributed by atoms with E-state index in [4.69, 9.17) is 9.68 Å². The fourth-order valence-electron chi connectivity index (χ4n) is 2.08. The second-order valence-electron chi connectivity index (χ2n) is 5.29. The van der Waals surface area contributed by atoms with Crippen molar-refractivity contribution in [2.75, 3.05) is 12.3 Å². The predicted octanol–water partition coefficient (Wildman–Crippen LogP) is 2.32. The van der Waals surface area contributed by atoms with Gasteiger partial charge in [0.15, 0.2) is 5.76 Å². The average molecular weight is 357 g/mol. The molecule has 1 aromatic heterocycles. The van der Waals surface area contributed by atoms with Gasteiger partial charge in [0.05, 0.1) is 17.9 Å². The molecule has 0 saturated heterocycles. The van der Waals surface area contributed by atoms with Crippen LogP contribution in [0.4, 0.5) is 0 Å². The van der Waals surface area contributed by atoms with Crippen molar-refractivity contribution in [2.24, 2.45) is 0 Å². The molecule has 0 aliphatic carbocycles. The summed E-state index contributed by atoms with van der Waals surface area (Å²) in [6, 6.07) is 12.1. The molecule has 1 aromatic carbocycles. The zero-order valence-electron chi connectivity index (χ0n) is 13.8. The Kier molecular flexibility index (Phi) is 7.11. The number of hydrogen-bond acceptors (Lipinski definition) is 5. The molecule has 1 heterocycles. The lowest BCUT2D eigenvalue weighted by atomic mass is 10.1. The lowest BCUT2D eigenvalue weighted by Gasteiger charge is -2.13. The number of rotatable bonds is 8. The van der Waals surface area contributed by atoms with Gasteiger partial charge in [0.25, 0.3) is 5.91 Å². The minimum absolute atomic E-state index is 0.173. The van der Waals surface area contributed by atoms with Crippen molar-refractivity contribution in [1.82, 2.24) is 10.6 Å². The molecule has 0 spiro atoms. The lowest BCUT2D eigenvalue weighted by molar-refractivity contribution is -0.122. The number of nitrogens with one attached hydrogen (secondary N) is 2. The number of furan rings is 1. The number of hydrogen-bond donors (Lipinski definition) is 2. The van der Waals surface area contributed by atoms with Crippen molar-refractivity contribution >= 4 is 23.6 Å². The van der Waals surface area contributed by atoms with Crippen molar-refractivity contribution in [3.63, 3.8) is 0 Å². The van der Waals surface area contributed by atoms with Crippen LogP contribution >= 0.6 is 11.8 Å². The third kappa shape index (κ3) is 5.69. The van der Waals surface area contributed by atoms with Crippen LogP contribution < -0.4 is 10.6 Å². The van der Waals surface area contributed by atoms with Gasteiger partial charge in [-0.3, -0.25) is 9.59 Å². The van der Waals surface area contributed by atoms with Gasteiger partial charge in [0, 0.05) is 18.1 Å². The Morgan fingerprint density at radius 1 is 1.28 bits per heavy atom. The van der Waals surface area contributed by atoms with Gasteiger partial charge in [-0.25, -0.2) is 0 Å². The zero-order valence-corrected chi connectivity index (χ0v) is 14.6. The molecule has 0 bridgehead atoms. The first-order valence-corrected chi connectivity index (χ1v) is 8.95. The van der Waals surface area contributed by atoms with Crippen molar-refractivity contribution in [2.45, 2.75) is 18.7 Å². The first kappa shape index (κ1) is 18.6. The van der Waals surface area contributed by atoms with Gasteiger partial charge < -0.3 is 15.1 Å². The van der Waals surface area contributed by atoms with Crippen molar-refractivity contribution in [3.8, 4) is 6.07 Å². The molecule has 0 saturated carbocycles. The quantitative estimate of drug-likeness (QED) is 0.707. The third-order valence-corrected chi connectivity index (χ3v) is 4.43. The summed E-state index contributed by atoms with van der Waals surface area (Å²) in [5, 5.41) is 14.4. The van der Waals surface area contributed by atoms with Gasteiger partial charge in [0.1, 0.15) is 6.04 Å². The molecular weight excluding hydrogens is 338 g/mol. The van der Waals surface area contributed by atoms with Crippen molar-refractivity contribution in [3.05, 3.63) is 59.5 Å². The van der Waals surface area contributed by atoms with Crippen LogP contribution in [-0.4, -0.2) is 30.2 Å². The maximum Gasteiger partial charge on any atom is 0.287 e. The molecule has 7 heteroatoms. The Balaban J connectivity index is 1.66. The van der Waals surface area contributed by atoms with Crippen LogP contribution in [0, 0.1) is 11.3 Å². The monoisotopic (exact) mass is 357 g/mol. The number of nitrogens with zero attached hydrogens (tertiary/aromatic N) is 1. The average Bonchev–Trinajstić information content (AvgIpc) is 3.16. The van der Waals surface area contributed by atoms with Gasteiger partial charge in [-0.05, 0) is 30.7 Å². The van der Waals surface area contributed by atoms with E-state index >= 15 is 0 Å². The van der Waals surface area contributed by atoms with E-state index < -0.39 is 11.9 Å². The van der Waals surface area contributed by atoms with E-state index in [0.717, 1.165) is 5.56 Å². The molecule has 2 aromatic rings. The highest BCUT2D eigenvalue weighted by Crippen LogP contribution is 2.15. The fourth-order valence-corrected chi connectivity index (χ4v) is 2.94. The summed E-state index contributed by atoms with van der Waals surface area (Å²) in [6.07, 6.45) is 1.40. The fraction of sp³-hybridized carbons (Fsp3) is 0.278. The van der Waals surface area contributed by atoms with Gasteiger partial charge in [-0.2, -0.15) is 17.0 Å². The molecule has 0 aliphatic heterocycles. The molecule has 0 aliphatic rings. The largest absolute Gasteiger partial charge is 0.459 e. The smallest absolute Gasteiger partial charge is 0.287 e. The number of carbonyl (C=O) groups is 2. The summed E-state index contributed by atoms with van der Waals surface area (Å²) in [5.41, 5.74) is 1.66. The van der Waals surface area contributed by atoms with Crippen molar-refractivity contribution in [1.29, 1.82) is 5.26 Å². The number of nitriles is 1. The summed E-state index contributed by atoms with van der Waals surface area (Å²) in [4.78, 5) is 23.8. The van der Waals surface area contributed by atoms with E-state index in [1.807, 2.05) is 18.2 Å². The Morgan fingerprint density at radius 3 is 2.80 bits per heavy atom. The van der Waals surface area contributed by atoms with Crippen LogP contribution in [0.15, 0.2) is 47.1 Å². The molecule has 0 radical (unpaired) electrons. The summed E-state index contributed by atoms with van der Waals surface area (Å²) in [5.74, 6) is 0.925. The van der Waals surface area contributed by atoms with E-state index in [9.17, 15) is 9.59 Å². The number of thioether (sulfide) groups is 1. The molecule has 130 valence electrons. The lowest BCUT2D eigenvalue weighted by Crippen LogP contribution is -2.45. The maximum absolute atomic E-state index is 12.0. The Bertz CT molecular complexity index is 753. The highest BCUT2D eigenvalue weighted by molar-refractivity contribution is 7.98. The molecule has 0 unspecified atom stereocenters. The van der Waals surface area contributed by atoms with E-state index in [2.05, 4.69) is 16.7 Å². The standard InChI is InChI=1S/C18H19N3O3S/c1-13(21-18(23)16-7-4-9-24-16)17(22)20-8-10-25-12-15-6-3-2-5-14(15)11-19/h2-7,9,13H,8,10,12H2,1H3,(H,20,22)(H,21,23)/t13-/m0/s1. The Morgan fingerprint density at radius 2 is 2.08 bits per heavy atom. The Labute approximate surface area is 150 Å². The van der Waals surface area contributed by atoms with Crippen LogP contribution in [0.1, 0.15) is 28.6 Å². The predicted molar refractivity (Wildman–Crippen MR) is 96.0 cm³/mol. The minimum atomic E-state index is -0.651. The molecule has 0 fully saturated rings. The summed E-state index contributed by atoms with van der Waals surface area (Å²) < 4.78 is 4.98. The first-order valence-electron chi connectivity index (χ1n) is 7.79. The van der Waals surface area contributed by atoms with E-state index in [0.29, 0.717) is 23.6 Å². The topological polar surface area (TPSA) is 95.1 Å². The second kappa shape index (κ2) is 9.55. The molecule has 25 heavy (non-hydrogen) atoms. The second-order valence-corrected chi connectivity index (χ2v) is 6.39.